The summed E-state index contributed by atoms with van der Waals surface area (Å²) >= 11 is 0. The van der Waals surface area contributed by atoms with Crippen LogP contribution in [0.1, 0.15) is 0 Å². The summed E-state index contributed by atoms with van der Waals surface area (Å²) in [6, 6.07) is 0. The van der Waals surface area contributed by atoms with E-state index in [2.05, 4.69) is 6.58 Å². The van der Waals surface area contributed by atoms with Crippen molar-refractivity contribution in [2.45, 2.75) is 35.1 Å². The van der Waals surface area contributed by atoms with Crippen molar-refractivity contribution in [2.75, 3.05) is 0 Å². The predicted octanol–water partition coefficient (Wildman–Crippen LogP) is 4.57. The maximum atomic E-state index is 12.9. The van der Waals surface area contributed by atoms with Crippen LogP contribution in [0.2, 0.25) is 0 Å². The summed E-state index contributed by atoms with van der Waals surface area (Å²) < 4.78 is 173. The minimum Gasteiger partial charge on any atom is -0.249 e. The van der Waals surface area contributed by atoms with Crippen LogP contribution in [0.4, 0.5) is 57.1 Å². The maximum Gasteiger partial charge on any atom is 0.460 e. The molecular weight excluding hydrogens is 391 g/mol. The fourth-order valence-electron chi connectivity index (χ4n) is 0.986. The molecule has 0 saturated carbocycles. The Hall–Kier alpha value is -1.02. The Morgan fingerprint density at radius 2 is 0.913 bits per heavy atom. The fourth-order valence-corrected chi connectivity index (χ4v) is 1.58. The molecule has 0 N–H and O–H groups in total. The zero-order valence-electron chi connectivity index (χ0n) is 10.0. The van der Waals surface area contributed by atoms with Crippen molar-refractivity contribution < 1.29 is 61.3 Å². The van der Waals surface area contributed by atoms with Crippen LogP contribution in [0.25, 0.3) is 0 Å². The molecule has 0 aromatic heterocycles. The zero-order valence-corrected chi connectivity index (χ0v) is 10.8. The lowest BCUT2D eigenvalue weighted by Crippen LogP contribution is -2.70. The van der Waals surface area contributed by atoms with Gasteiger partial charge < -0.3 is 0 Å². The van der Waals surface area contributed by atoms with Crippen molar-refractivity contribution in [3.8, 4) is 0 Å². The van der Waals surface area contributed by atoms with Crippen molar-refractivity contribution in [3.05, 3.63) is 12.0 Å². The molecule has 0 aliphatic heterocycles. The Bertz CT molecular complexity index is 491. The lowest BCUT2D eigenvalue weighted by molar-refractivity contribution is -0.433. The van der Waals surface area contributed by atoms with Gasteiger partial charge in [0.25, 0.3) is 0 Å². The van der Waals surface area contributed by atoms with Crippen LogP contribution in [0.15, 0.2) is 12.0 Å². The first-order valence-electron chi connectivity index (χ1n) is 4.72. The zero-order chi connectivity index (χ0) is 19.3. The van der Waals surface area contributed by atoms with Crippen LogP contribution < -0.4 is 0 Å². The molecule has 0 rings (SSSR count). The van der Waals surface area contributed by atoms with Gasteiger partial charge in [0.2, 0.25) is 0 Å². The second-order valence-electron chi connectivity index (χ2n) is 3.78. The van der Waals surface area contributed by atoms with Crippen molar-refractivity contribution >= 4 is 10.8 Å². The molecule has 0 spiro atoms. The van der Waals surface area contributed by atoms with Gasteiger partial charge in [-0.05, 0) is 0 Å². The molecule has 0 unspecified atom stereocenters. The summed E-state index contributed by atoms with van der Waals surface area (Å²) in [4.78, 5) is 0. The van der Waals surface area contributed by atoms with Crippen molar-refractivity contribution in [1.82, 2.24) is 0 Å². The summed E-state index contributed by atoms with van der Waals surface area (Å²) in [6.07, 6.45) is -7.47. The molecule has 0 aliphatic rings. The Balaban J connectivity index is 6.36. The van der Waals surface area contributed by atoms with Gasteiger partial charge in [-0.15, -0.1) is 0 Å². The highest BCUT2D eigenvalue weighted by molar-refractivity contribution is 7.89. The number of halogens is 13. The van der Waals surface area contributed by atoms with Gasteiger partial charge in [0.05, 0.1) is 0 Å². The normalized spacial score (nSPS) is 17.1. The van der Waals surface area contributed by atoms with Gasteiger partial charge in [0, 0.05) is 5.41 Å². The lowest BCUT2D eigenvalue weighted by atomic mass is 9.98. The third-order valence-electron chi connectivity index (χ3n) is 2.31. The van der Waals surface area contributed by atoms with E-state index in [0.717, 1.165) is 0 Å². The second kappa shape index (κ2) is 5.51. The summed E-state index contributed by atoms with van der Waals surface area (Å²) in [5.41, 5.74) is 0. The predicted molar refractivity (Wildman–Crippen MR) is 49.1 cm³/mol. The first-order chi connectivity index (χ1) is 9.73. The van der Waals surface area contributed by atoms with Gasteiger partial charge in [0.15, 0.2) is 0 Å². The van der Waals surface area contributed by atoms with Crippen molar-refractivity contribution in [1.29, 1.82) is 0 Å². The topological polar surface area (TPSA) is 17.1 Å². The minimum absolute atomic E-state index is 0.621. The van der Waals surface area contributed by atoms with E-state index in [1.54, 1.807) is 0 Å². The smallest absolute Gasteiger partial charge is 0.249 e. The maximum absolute atomic E-state index is 12.9. The third-order valence-corrected chi connectivity index (χ3v) is 3.37. The standard InChI is InChI=1S/C8H3F13OS/c1-2-23(22)8(20,21)6(15,16)4(11,12)3(9,10)5(13,14)7(17,18)19/h2H,1H2/t23-/m1/s1. The highest BCUT2D eigenvalue weighted by Gasteiger charge is 2.91. The highest BCUT2D eigenvalue weighted by atomic mass is 32.2. The first kappa shape index (κ1) is 22.0. The van der Waals surface area contributed by atoms with E-state index in [4.69, 9.17) is 0 Å². The molecule has 15 heteroatoms. The molecule has 0 amide bonds. The van der Waals surface area contributed by atoms with Crippen molar-refractivity contribution in [2.24, 2.45) is 0 Å². The monoisotopic (exact) mass is 394 g/mol. The Kier molecular flexibility index (Phi) is 5.27. The number of hydrogen-bond acceptors (Lipinski definition) is 1. The van der Waals surface area contributed by atoms with Crippen LogP contribution in [-0.2, 0) is 10.8 Å². The van der Waals surface area contributed by atoms with E-state index in [9.17, 15) is 61.3 Å². The summed E-state index contributed by atoms with van der Waals surface area (Å²) in [7, 11) is -4.49. The minimum atomic E-state index is -7.99. The van der Waals surface area contributed by atoms with E-state index >= 15 is 0 Å². The molecule has 0 saturated heterocycles. The molecule has 1 nitrogen and oxygen atoms in total. The summed E-state index contributed by atoms with van der Waals surface area (Å²) in [5, 5.41) is -7.24. The van der Waals surface area contributed by atoms with E-state index in [0.29, 0.717) is 0 Å². The number of hydrogen-bond donors (Lipinski definition) is 0. The fraction of sp³-hybridized carbons (Fsp3) is 0.750. The van der Waals surface area contributed by atoms with Crippen molar-refractivity contribution in [3.63, 3.8) is 0 Å². The van der Waals surface area contributed by atoms with Crippen LogP contribution in [0.3, 0.4) is 0 Å². The third kappa shape index (κ3) is 2.80. The van der Waals surface area contributed by atoms with Crippen LogP contribution in [0.5, 0.6) is 0 Å². The molecular formula is C8H3F13OS. The molecule has 0 aromatic rings. The molecule has 138 valence electrons. The van der Waals surface area contributed by atoms with E-state index in [1.165, 1.54) is 0 Å². The van der Waals surface area contributed by atoms with Gasteiger partial charge in [-0.2, -0.15) is 57.1 Å². The quantitative estimate of drug-likeness (QED) is 0.604. The first-order valence-corrected chi connectivity index (χ1v) is 5.93. The Morgan fingerprint density at radius 3 is 1.17 bits per heavy atom. The van der Waals surface area contributed by atoms with E-state index < -0.39 is 51.3 Å². The molecule has 0 aromatic carbocycles. The highest BCUT2D eigenvalue weighted by Crippen LogP contribution is 2.60. The van der Waals surface area contributed by atoms with Gasteiger partial charge in [-0.1, -0.05) is 6.58 Å². The Labute approximate surface area is 120 Å². The SMILES string of the molecule is C=C[S@@](=O)C(F)(F)C(F)(F)C(F)(F)C(F)(F)C(F)(F)C(F)(F)F. The molecule has 0 radical (unpaired) electrons. The average molecular weight is 394 g/mol. The number of rotatable bonds is 6. The van der Waals surface area contributed by atoms with Gasteiger partial charge in [-0.25, -0.2) is 4.21 Å². The van der Waals surface area contributed by atoms with Gasteiger partial charge >= 0.3 is 35.1 Å². The number of alkyl halides is 13. The lowest BCUT2D eigenvalue weighted by Gasteiger charge is -2.39. The summed E-state index contributed by atoms with van der Waals surface area (Å²) in [5.74, 6) is -31.3. The molecule has 0 aliphatic carbocycles. The molecule has 0 fully saturated rings. The average Bonchev–Trinajstić information content (AvgIpc) is 2.35. The van der Waals surface area contributed by atoms with Crippen LogP contribution >= 0.6 is 0 Å². The van der Waals surface area contributed by atoms with Gasteiger partial charge in [0.1, 0.15) is 10.8 Å². The Morgan fingerprint density at radius 1 is 0.609 bits per heavy atom. The molecule has 0 heterocycles. The van der Waals surface area contributed by atoms with Crippen LogP contribution in [0, 0.1) is 0 Å². The molecule has 1 atom stereocenters. The summed E-state index contributed by atoms with van der Waals surface area (Å²) in [6.45, 7) is 2.20. The van der Waals surface area contributed by atoms with Crippen LogP contribution in [-0.4, -0.2) is 39.3 Å². The second-order valence-corrected chi connectivity index (χ2v) is 5.22. The molecule has 23 heavy (non-hydrogen) atoms. The van der Waals surface area contributed by atoms with E-state index in [1.807, 2.05) is 0 Å². The van der Waals surface area contributed by atoms with Gasteiger partial charge in [-0.3, -0.25) is 0 Å². The van der Waals surface area contributed by atoms with E-state index in [-0.39, 0.29) is 0 Å². The largest absolute Gasteiger partial charge is 0.460 e. The molecule has 0 bridgehead atoms.